The van der Waals surface area contributed by atoms with E-state index in [4.69, 9.17) is 14.8 Å². The van der Waals surface area contributed by atoms with E-state index < -0.39 is 0 Å². The zero-order valence-corrected chi connectivity index (χ0v) is 23.8. The van der Waals surface area contributed by atoms with Crippen molar-refractivity contribution in [3.8, 4) is 11.3 Å². The van der Waals surface area contributed by atoms with Crippen LogP contribution >= 0.6 is 11.3 Å². The third kappa shape index (κ3) is 5.37. The molecule has 1 aliphatic carbocycles. The Labute approximate surface area is 235 Å². The minimum atomic E-state index is -0.278. The summed E-state index contributed by atoms with van der Waals surface area (Å²) >= 11 is 1.92. The van der Waals surface area contributed by atoms with Crippen molar-refractivity contribution in [1.29, 1.82) is 0 Å². The molecule has 7 rings (SSSR count). The fourth-order valence-electron chi connectivity index (χ4n) is 5.98. The summed E-state index contributed by atoms with van der Waals surface area (Å²) in [5.41, 5.74) is 5.91. The van der Waals surface area contributed by atoms with E-state index in [1.165, 1.54) is 65.3 Å². The first-order chi connectivity index (χ1) is 19.1. The highest BCUT2D eigenvalue weighted by Crippen LogP contribution is 2.40. The average molecular weight is 546 g/mol. The zero-order chi connectivity index (χ0) is 26.3. The summed E-state index contributed by atoms with van der Waals surface area (Å²) < 4.78 is 7.65. The highest BCUT2D eigenvalue weighted by molar-refractivity contribution is 7.15. The first-order valence-electron chi connectivity index (χ1n) is 14.5. The molecule has 0 amide bonds. The van der Waals surface area contributed by atoms with E-state index in [-0.39, 0.29) is 6.29 Å². The molecule has 8 nitrogen and oxygen atoms in total. The number of aliphatic imine (C=N–C) groups is 1. The van der Waals surface area contributed by atoms with Crippen LogP contribution in [-0.4, -0.2) is 76.9 Å². The van der Waals surface area contributed by atoms with Gasteiger partial charge < -0.3 is 20.3 Å². The maximum atomic E-state index is 5.68. The summed E-state index contributed by atoms with van der Waals surface area (Å²) in [6.45, 7) is 11.0. The van der Waals surface area contributed by atoms with Crippen molar-refractivity contribution in [2.45, 2.75) is 64.4 Å². The highest BCUT2D eigenvalue weighted by atomic mass is 32.1. The number of aromatic nitrogens is 2. The van der Waals surface area contributed by atoms with Crippen LogP contribution in [0.2, 0.25) is 0 Å². The number of fused-ring (bicyclic) bond motifs is 1. The van der Waals surface area contributed by atoms with E-state index in [1.54, 1.807) is 0 Å². The van der Waals surface area contributed by atoms with Crippen molar-refractivity contribution >= 4 is 22.9 Å². The predicted octanol–water partition coefficient (Wildman–Crippen LogP) is 4.61. The SMILES string of the molecule is Cc1cccc(-c2ccn(C3N=C(N4CCOCC4)c4sc(CN5CCC(NC6CC6)CC5)c(C)c4N3)n2)c1. The van der Waals surface area contributed by atoms with Gasteiger partial charge in [0, 0.05) is 48.4 Å². The number of rotatable bonds is 6. The molecule has 2 aromatic heterocycles. The number of likely N-dealkylation sites (tertiary alicyclic amines) is 1. The Kier molecular flexibility index (Phi) is 6.92. The number of anilines is 1. The summed E-state index contributed by atoms with van der Waals surface area (Å²) in [6.07, 6.45) is 7.01. The van der Waals surface area contributed by atoms with Gasteiger partial charge in [0.05, 0.1) is 29.5 Å². The van der Waals surface area contributed by atoms with E-state index in [1.807, 2.05) is 22.2 Å². The molecule has 1 saturated carbocycles. The maximum Gasteiger partial charge on any atom is 0.217 e. The molecule has 39 heavy (non-hydrogen) atoms. The van der Waals surface area contributed by atoms with Gasteiger partial charge in [-0.25, -0.2) is 9.67 Å². The molecule has 4 aliphatic rings. The van der Waals surface area contributed by atoms with Crippen LogP contribution in [0.15, 0.2) is 41.5 Å². The lowest BCUT2D eigenvalue weighted by atomic mass is 10.0. The quantitative estimate of drug-likeness (QED) is 0.472. The number of nitrogens with one attached hydrogen (secondary N) is 2. The van der Waals surface area contributed by atoms with Gasteiger partial charge in [0.1, 0.15) is 5.84 Å². The molecule has 3 aromatic rings. The summed E-state index contributed by atoms with van der Waals surface area (Å²) in [5, 5.41) is 12.5. The number of nitrogens with zero attached hydrogens (tertiary/aromatic N) is 5. The minimum Gasteiger partial charge on any atom is -0.378 e. The summed E-state index contributed by atoms with van der Waals surface area (Å²) in [4.78, 5) is 13.0. The van der Waals surface area contributed by atoms with Gasteiger partial charge in [-0.2, -0.15) is 5.10 Å². The molecule has 5 heterocycles. The molecule has 1 aromatic carbocycles. The summed E-state index contributed by atoms with van der Waals surface area (Å²) in [5.74, 6) is 1.08. The van der Waals surface area contributed by atoms with Gasteiger partial charge in [-0.05, 0) is 70.3 Å². The molecule has 0 spiro atoms. The van der Waals surface area contributed by atoms with Gasteiger partial charge in [0.2, 0.25) is 6.29 Å². The van der Waals surface area contributed by atoms with Gasteiger partial charge >= 0.3 is 0 Å². The largest absolute Gasteiger partial charge is 0.378 e. The zero-order valence-electron chi connectivity index (χ0n) is 23.0. The van der Waals surface area contributed by atoms with E-state index in [2.05, 4.69) is 64.6 Å². The van der Waals surface area contributed by atoms with Crippen molar-refractivity contribution in [2.24, 2.45) is 4.99 Å². The lowest BCUT2D eigenvalue weighted by molar-refractivity contribution is 0.0680. The summed E-state index contributed by atoms with van der Waals surface area (Å²) in [7, 11) is 0. The molecule has 2 N–H and O–H groups in total. The number of benzene rings is 1. The number of aryl methyl sites for hydroxylation is 1. The van der Waals surface area contributed by atoms with Crippen LogP contribution in [-0.2, 0) is 11.3 Å². The number of thiophene rings is 1. The molecule has 3 fully saturated rings. The Balaban J connectivity index is 1.14. The van der Waals surface area contributed by atoms with Gasteiger partial charge in [-0.3, -0.25) is 4.90 Å². The molecule has 0 radical (unpaired) electrons. The molecule has 3 aliphatic heterocycles. The van der Waals surface area contributed by atoms with E-state index >= 15 is 0 Å². The number of morpholine rings is 1. The fraction of sp³-hybridized carbons (Fsp3) is 0.533. The van der Waals surface area contributed by atoms with Gasteiger partial charge in [-0.1, -0.05) is 23.8 Å². The minimum absolute atomic E-state index is 0.278. The van der Waals surface area contributed by atoms with Crippen LogP contribution in [0.3, 0.4) is 0 Å². The second-order valence-corrected chi connectivity index (χ2v) is 12.6. The Morgan fingerprint density at radius 1 is 1.03 bits per heavy atom. The van der Waals surface area contributed by atoms with Gasteiger partial charge in [-0.15, -0.1) is 11.3 Å². The third-order valence-corrected chi connectivity index (χ3v) is 9.73. The Hall–Kier alpha value is -2.72. The first kappa shape index (κ1) is 25.3. The third-order valence-electron chi connectivity index (χ3n) is 8.45. The van der Waals surface area contributed by atoms with Crippen LogP contribution in [0.25, 0.3) is 11.3 Å². The molecule has 2 saturated heterocycles. The van der Waals surface area contributed by atoms with Crippen molar-refractivity contribution in [2.75, 3.05) is 44.7 Å². The van der Waals surface area contributed by atoms with Crippen LogP contribution < -0.4 is 10.6 Å². The van der Waals surface area contributed by atoms with E-state index in [9.17, 15) is 0 Å². The van der Waals surface area contributed by atoms with Gasteiger partial charge in [0.15, 0.2) is 0 Å². The monoisotopic (exact) mass is 545 g/mol. The summed E-state index contributed by atoms with van der Waals surface area (Å²) in [6, 6.07) is 12.1. The van der Waals surface area contributed by atoms with Crippen LogP contribution in [0.1, 0.15) is 52.9 Å². The molecule has 0 bridgehead atoms. The molecule has 1 unspecified atom stereocenters. The number of piperidine rings is 1. The molecule has 206 valence electrons. The fourth-order valence-corrected chi connectivity index (χ4v) is 7.32. The van der Waals surface area contributed by atoms with Crippen molar-refractivity contribution in [3.05, 3.63) is 57.4 Å². The van der Waals surface area contributed by atoms with E-state index in [0.29, 0.717) is 6.04 Å². The Bertz CT molecular complexity index is 1350. The lowest BCUT2D eigenvalue weighted by Gasteiger charge is -2.33. The highest BCUT2D eigenvalue weighted by Gasteiger charge is 2.32. The second-order valence-electron chi connectivity index (χ2n) is 11.5. The lowest BCUT2D eigenvalue weighted by Crippen LogP contribution is -2.43. The Morgan fingerprint density at radius 2 is 1.82 bits per heavy atom. The van der Waals surface area contributed by atoms with Crippen LogP contribution in [0, 0.1) is 13.8 Å². The predicted molar refractivity (Wildman–Crippen MR) is 158 cm³/mol. The van der Waals surface area contributed by atoms with Crippen molar-refractivity contribution in [1.82, 2.24) is 24.9 Å². The van der Waals surface area contributed by atoms with Crippen LogP contribution in [0.4, 0.5) is 5.69 Å². The first-order valence-corrected chi connectivity index (χ1v) is 15.3. The molecule has 9 heteroatoms. The van der Waals surface area contributed by atoms with E-state index in [0.717, 1.165) is 56.0 Å². The normalized spacial score (nSPS) is 22.5. The maximum absolute atomic E-state index is 5.68. The topological polar surface area (TPSA) is 70.0 Å². The van der Waals surface area contributed by atoms with Crippen LogP contribution in [0.5, 0.6) is 0 Å². The number of ether oxygens (including phenoxy) is 1. The standard InChI is InChI=1S/C30H39N7OS/c1-20-4-3-5-22(18-20)25-10-13-37(34-25)30-32-27-21(2)26(19-35-11-8-24(9-12-35)31-23-6-7-23)39-28(27)29(33-30)36-14-16-38-17-15-36/h3-5,10,13,18,23-24,30-32H,6-9,11-12,14-17,19H2,1-2H3. The molecule has 1 atom stereocenters. The average Bonchev–Trinajstić information content (AvgIpc) is 3.54. The second kappa shape index (κ2) is 10.7. The van der Waals surface area contributed by atoms with Gasteiger partial charge in [0.25, 0.3) is 0 Å². The van der Waals surface area contributed by atoms with Crippen molar-refractivity contribution < 1.29 is 4.74 Å². The number of hydrogen-bond acceptors (Lipinski definition) is 8. The Morgan fingerprint density at radius 3 is 2.59 bits per heavy atom. The molecular formula is C30H39N7OS. The number of hydrogen-bond donors (Lipinski definition) is 2. The molecular weight excluding hydrogens is 506 g/mol. The number of amidine groups is 1. The smallest absolute Gasteiger partial charge is 0.217 e. The van der Waals surface area contributed by atoms with Crippen molar-refractivity contribution in [3.63, 3.8) is 0 Å².